The van der Waals surface area contributed by atoms with Crippen molar-refractivity contribution in [2.45, 2.75) is 0 Å². The number of aromatic hydroxyl groups is 1. The van der Waals surface area contributed by atoms with Gasteiger partial charge in [-0.2, -0.15) is 10.2 Å². The minimum absolute atomic E-state index is 0.260. The molecule has 0 aliphatic rings. The molecule has 0 spiro atoms. The molecule has 0 bridgehead atoms. The highest BCUT2D eigenvalue weighted by molar-refractivity contribution is 14.1. The van der Waals surface area contributed by atoms with Crippen LogP contribution in [0.25, 0.3) is 0 Å². The van der Waals surface area contributed by atoms with Gasteiger partial charge in [0.25, 0.3) is 6.47 Å². The van der Waals surface area contributed by atoms with Gasteiger partial charge in [0.2, 0.25) is 0 Å². The van der Waals surface area contributed by atoms with Gasteiger partial charge in [-0.1, -0.05) is 0 Å². The van der Waals surface area contributed by atoms with E-state index in [4.69, 9.17) is 9.84 Å². The number of rotatable bonds is 5. The lowest BCUT2D eigenvalue weighted by Crippen LogP contribution is -1.95. The summed E-state index contributed by atoms with van der Waals surface area (Å²) < 4.78 is 5.53. The van der Waals surface area contributed by atoms with Crippen LogP contribution in [-0.2, 0) is 4.79 Å². The van der Waals surface area contributed by atoms with Crippen LogP contribution in [0.5, 0.6) is 11.5 Å². The maximum atomic E-state index is 10.9. The molecule has 2 N–H and O–H groups in total. The van der Waals surface area contributed by atoms with E-state index in [9.17, 15) is 14.7 Å². The van der Waals surface area contributed by atoms with Gasteiger partial charge in [0, 0.05) is 6.07 Å². The van der Waals surface area contributed by atoms with Crippen molar-refractivity contribution in [3.05, 3.63) is 45.5 Å². The standard InChI is InChI=1S/C14H9IN2O5/c15-11-3-1-9(6-13(11)22-7-18)17-16-8-2-4-12(19)10(5-8)14(20)21/h1-7,19H,(H,20,21)/i15-2. The lowest BCUT2D eigenvalue weighted by atomic mass is 10.2. The third-order valence-corrected chi connectivity index (χ3v) is 3.47. The van der Waals surface area contributed by atoms with E-state index in [1.807, 2.05) is 22.6 Å². The number of azo groups is 1. The highest BCUT2D eigenvalue weighted by Crippen LogP contribution is 2.28. The summed E-state index contributed by atoms with van der Waals surface area (Å²) in [7, 11) is 0. The predicted octanol–water partition coefficient (Wildman–Crippen LogP) is 3.65. The van der Waals surface area contributed by atoms with Crippen molar-refractivity contribution >= 4 is 46.4 Å². The molecule has 0 unspecified atom stereocenters. The van der Waals surface area contributed by atoms with Gasteiger partial charge in [-0.15, -0.1) is 0 Å². The average molecular weight is 410 g/mol. The van der Waals surface area contributed by atoms with Gasteiger partial charge < -0.3 is 14.9 Å². The van der Waals surface area contributed by atoms with E-state index in [2.05, 4.69) is 10.2 Å². The highest BCUT2D eigenvalue weighted by atomic mass is 125. The number of carbonyl (C=O) groups is 2. The number of benzene rings is 2. The van der Waals surface area contributed by atoms with Crippen molar-refractivity contribution in [3.63, 3.8) is 0 Å². The molecule has 2 rings (SSSR count). The molecule has 22 heavy (non-hydrogen) atoms. The zero-order valence-electron chi connectivity index (χ0n) is 10.9. The largest absolute Gasteiger partial charge is 0.507 e. The first-order valence-corrected chi connectivity index (χ1v) is 6.97. The molecule has 0 aliphatic carbocycles. The Balaban J connectivity index is 2.29. The van der Waals surface area contributed by atoms with Gasteiger partial charge >= 0.3 is 5.97 Å². The van der Waals surface area contributed by atoms with E-state index in [-0.39, 0.29) is 17.0 Å². The van der Waals surface area contributed by atoms with E-state index in [1.165, 1.54) is 24.3 Å². The van der Waals surface area contributed by atoms with E-state index < -0.39 is 5.97 Å². The number of halogens is 1. The van der Waals surface area contributed by atoms with E-state index in [1.54, 1.807) is 12.1 Å². The summed E-state index contributed by atoms with van der Waals surface area (Å²) in [6.07, 6.45) is 0. The number of carboxylic acid groups (broad SMARTS) is 1. The van der Waals surface area contributed by atoms with Crippen LogP contribution >= 0.6 is 22.6 Å². The highest BCUT2D eigenvalue weighted by Gasteiger charge is 2.10. The first-order chi connectivity index (χ1) is 10.5. The van der Waals surface area contributed by atoms with Crippen LogP contribution < -0.4 is 4.74 Å². The molecule has 112 valence electrons. The summed E-state index contributed by atoms with van der Waals surface area (Å²) in [6, 6.07) is 8.76. The van der Waals surface area contributed by atoms with Crippen LogP contribution in [-0.4, -0.2) is 22.7 Å². The number of ether oxygens (including phenoxy) is 1. The van der Waals surface area contributed by atoms with Gasteiger partial charge in [-0.05, 0) is 52.9 Å². The fourth-order valence-electron chi connectivity index (χ4n) is 1.57. The molecule has 0 atom stereocenters. The lowest BCUT2D eigenvalue weighted by Gasteiger charge is -2.02. The number of aromatic carboxylic acids is 1. The average Bonchev–Trinajstić information content (AvgIpc) is 2.49. The van der Waals surface area contributed by atoms with Crippen LogP contribution in [0.1, 0.15) is 10.4 Å². The smallest absolute Gasteiger partial charge is 0.339 e. The maximum Gasteiger partial charge on any atom is 0.339 e. The molecule has 2 aromatic rings. The third-order valence-electron chi connectivity index (χ3n) is 2.58. The third kappa shape index (κ3) is 3.79. The van der Waals surface area contributed by atoms with Crippen LogP contribution in [0.2, 0.25) is 0 Å². The Morgan fingerprint density at radius 3 is 2.41 bits per heavy atom. The summed E-state index contributed by atoms with van der Waals surface area (Å²) in [6.45, 7) is 0.317. The molecule has 0 heterocycles. The minimum atomic E-state index is -1.26. The van der Waals surface area contributed by atoms with Crippen molar-refractivity contribution in [2.75, 3.05) is 0 Å². The number of hydrogen-bond acceptors (Lipinski definition) is 6. The Labute approximate surface area is 138 Å². The van der Waals surface area contributed by atoms with Crippen LogP contribution in [0.15, 0.2) is 46.6 Å². The fraction of sp³-hybridized carbons (Fsp3) is 0. The van der Waals surface area contributed by atoms with Gasteiger partial charge in [-0.3, -0.25) is 4.79 Å². The van der Waals surface area contributed by atoms with Crippen LogP contribution in [0.4, 0.5) is 11.4 Å². The SMILES string of the molecule is O=COc1cc(N=Nc2ccc(O)c(C(=O)O)c2)ccc1[125I]. The first-order valence-electron chi connectivity index (χ1n) is 5.89. The Morgan fingerprint density at radius 1 is 1.14 bits per heavy atom. The molecule has 0 fully saturated rings. The van der Waals surface area contributed by atoms with Crippen LogP contribution in [0.3, 0.4) is 0 Å². The zero-order valence-corrected chi connectivity index (χ0v) is 13.1. The Morgan fingerprint density at radius 2 is 1.77 bits per heavy atom. The quantitative estimate of drug-likeness (QED) is 0.445. The molecule has 0 aliphatic heterocycles. The normalized spacial score (nSPS) is 10.6. The molecular weight excluding hydrogens is 401 g/mol. The second-order valence-corrected chi connectivity index (χ2v) is 5.20. The fourth-order valence-corrected chi connectivity index (χ4v) is 2.03. The van der Waals surface area contributed by atoms with Gasteiger partial charge in [0.05, 0.1) is 14.9 Å². The van der Waals surface area contributed by atoms with Crippen molar-refractivity contribution in [3.8, 4) is 11.5 Å². The summed E-state index contributed by atoms with van der Waals surface area (Å²) in [5.41, 5.74) is 0.442. The van der Waals surface area contributed by atoms with E-state index in [0.717, 1.165) is 3.57 Å². The van der Waals surface area contributed by atoms with E-state index in [0.29, 0.717) is 17.9 Å². The van der Waals surface area contributed by atoms with Crippen molar-refractivity contribution in [2.24, 2.45) is 10.2 Å². The second-order valence-electron chi connectivity index (χ2n) is 4.04. The van der Waals surface area contributed by atoms with Crippen molar-refractivity contribution in [1.29, 1.82) is 0 Å². The molecule has 8 heteroatoms. The molecule has 0 saturated carbocycles. The predicted molar refractivity (Wildman–Crippen MR) is 85.1 cm³/mol. The summed E-state index contributed by atoms with van der Waals surface area (Å²) in [4.78, 5) is 21.3. The topological polar surface area (TPSA) is 109 Å². The molecular formula is C14H9IN2O5. The number of nitrogens with zero attached hydrogens (tertiary/aromatic N) is 2. The maximum absolute atomic E-state index is 10.9. The minimum Gasteiger partial charge on any atom is -0.507 e. The molecule has 2 aromatic carbocycles. The Bertz CT molecular complexity index is 761. The number of phenols is 1. The molecule has 0 saturated heterocycles. The number of carbonyl (C=O) groups excluding carboxylic acids is 1. The molecule has 7 nitrogen and oxygen atoms in total. The summed E-state index contributed by atoms with van der Waals surface area (Å²) in [5, 5.41) is 26.2. The summed E-state index contributed by atoms with van der Waals surface area (Å²) >= 11 is 2.01. The van der Waals surface area contributed by atoms with Crippen molar-refractivity contribution in [1.82, 2.24) is 0 Å². The summed E-state index contributed by atoms with van der Waals surface area (Å²) in [5.74, 6) is -1.25. The Hall–Kier alpha value is -2.49. The number of carboxylic acids is 1. The lowest BCUT2D eigenvalue weighted by molar-refractivity contribution is -0.120. The van der Waals surface area contributed by atoms with Crippen molar-refractivity contribution < 1.29 is 24.5 Å². The second kappa shape index (κ2) is 6.98. The van der Waals surface area contributed by atoms with Gasteiger partial charge in [-0.25, -0.2) is 4.79 Å². The van der Waals surface area contributed by atoms with E-state index >= 15 is 0 Å². The number of hydrogen-bond donors (Lipinski definition) is 2. The van der Waals surface area contributed by atoms with Gasteiger partial charge in [0.1, 0.15) is 17.1 Å². The zero-order chi connectivity index (χ0) is 16.1. The molecule has 0 radical (unpaired) electrons. The molecule has 0 amide bonds. The monoisotopic (exact) mass is 410 g/mol. The first kappa shape index (κ1) is 15.9. The van der Waals surface area contributed by atoms with Gasteiger partial charge in [0.15, 0.2) is 0 Å². The molecule has 0 aromatic heterocycles. The Kier molecular flexibility index (Phi) is 5.04. The van der Waals surface area contributed by atoms with Crippen LogP contribution in [0, 0.1) is 3.57 Å².